The minimum Gasteiger partial charge on any atom is -0.411 e. The molecule has 2 bridgehead atoms. The fraction of sp³-hybridized carbons (Fsp3) is 0.412. The zero-order chi connectivity index (χ0) is 14.8. The van der Waals surface area contributed by atoms with E-state index in [0.717, 1.165) is 30.8 Å². The molecule has 0 amide bonds. The number of hydrogen-bond donors (Lipinski definition) is 1. The first-order valence-electron chi connectivity index (χ1n) is 7.31. The van der Waals surface area contributed by atoms with E-state index >= 15 is 0 Å². The molecule has 0 aromatic heterocycles. The van der Waals surface area contributed by atoms with Crippen LogP contribution in [-0.4, -0.2) is 28.4 Å². The average molecular weight is 281 g/mol. The van der Waals surface area contributed by atoms with Gasteiger partial charge in [0.2, 0.25) is 0 Å². The minimum absolute atomic E-state index is 0.0381. The van der Waals surface area contributed by atoms with E-state index in [1.165, 1.54) is 5.56 Å². The predicted octanol–water partition coefficient (Wildman–Crippen LogP) is 2.81. The van der Waals surface area contributed by atoms with Crippen molar-refractivity contribution in [3.8, 4) is 6.07 Å². The van der Waals surface area contributed by atoms with Crippen LogP contribution in [0, 0.1) is 23.2 Å². The predicted molar refractivity (Wildman–Crippen MR) is 80.8 cm³/mol. The van der Waals surface area contributed by atoms with Crippen molar-refractivity contribution in [2.24, 2.45) is 17.0 Å². The highest BCUT2D eigenvalue weighted by molar-refractivity contribution is 5.85. The Bertz CT molecular complexity index is 615. The molecule has 4 nitrogen and oxygen atoms in total. The highest BCUT2D eigenvalue weighted by Gasteiger charge is 2.43. The summed E-state index contributed by atoms with van der Waals surface area (Å²) >= 11 is 0. The summed E-state index contributed by atoms with van der Waals surface area (Å²) in [5, 5.41) is 21.9. The van der Waals surface area contributed by atoms with Crippen molar-refractivity contribution < 1.29 is 5.21 Å². The number of oxime groups is 1. The molecule has 0 saturated carbocycles. The number of rotatable bonds is 3. The molecule has 1 aliphatic carbocycles. The van der Waals surface area contributed by atoms with Crippen LogP contribution in [-0.2, 0) is 6.54 Å². The topological polar surface area (TPSA) is 59.6 Å². The third-order valence-electron chi connectivity index (χ3n) is 4.59. The Balaban J connectivity index is 1.89. The van der Waals surface area contributed by atoms with Gasteiger partial charge < -0.3 is 5.21 Å². The van der Waals surface area contributed by atoms with Gasteiger partial charge in [0, 0.05) is 24.6 Å². The standard InChI is InChI=1S/C17H19N3O/c1-12(19-21)16-8-14-7-15(9-18)17(16)20(11-14)10-13-5-3-2-4-6-13/h2-7,14,16-17,21H,8,10-11H2,1H3/b19-12+/t14-,16+,17-/m1/s1. The maximum Gasteiger partial charge on any atom is 0.0960 e. The molecule has 1 N–H and O–H groups in total. The first kappa shape index (κ1) is 13.8. The Labute approximate surface area is 125 Å². The number of fused-ring (bicyclic) bond motifs is 2. The summed E-state index contributed by atoms with van der Waals surface area (Å²) in [5.41, 5.74) is 2.80. The van der Waals surface area contributed by atoms with Gasteiger partial charge in [-0.2, -0.15) is 5.26 Å². The van der Waals surface area contributed by atoms with E-state index < -0.39 is 0 Å². The molecule has 2 aliphatic heterocycles. The summed E-state index contributed by atoms with van der Waals surface area (Å²) in [6.45, 7) is 3.65. The molecule has 4 rings (SSSR count). The lowest BCUT2D eigenvalue weighted by atomic mass is 9.72. The number of benzene rings is 1. The number of hydrogen-bond acceptors (Lipinski definition) is 4. The summed E-state index contributed by atoms with van der Waals surface area (Å²) < 4.78 is 0. The molecule has 0 unspecified atom stereocenters. The lowest BCUT2D eigenvalue weighted by Gasteiger charge is -2.47. The molecule has 1 saturated heterocycles. The molecular weight excluding hydrogens is 262 g/mol. The van der Waals surface area contributed by atoms with Gasteiger partial charge in [-0.1, -0.05) is 41.6 Å². The minimum atomic E-state index is 0.0381. The first-order chi connectivity index (χ1) is 10.2. The number of nitriles is 1. The molecule has 2 heterocycles. The van der Waals surface area contributed by atoms with Crippen LogP contribution in [0.5, 0.6) is 0 Å². The van der Waals surface area contributed by atoms with Crippen LogP contribution in [0.2, 0.25) is 0 Å². The third-order valence-corrected chi connectivity index (χ3v) is 4.59. The Hall–Kier alpha value is -2.12. The van der Waals surface area contributed by atoms with Crippen LogP contribution < -0.4 is 0 Å². The van der Waals surface area contributed by atoms with E-state index in [1.54, 1.807) is 0 Å². The van der Waals surface area contributed by atoms with Crippen LogP contribution >= 0.6 is 0 Å². The maximum absolute atomic E-state index is 9.42. The van der Waals surface area contributed by atoms with Gasteiger partial charge in [0.25, 0.3) is 0 Å². The lowest BCUT2D eigenvalue weighted by Crippen LogP contribution is -2.54. The van der Waals surface area contributed by atoms with Crippen LogP contribution in [0.15, 0.2) is 47.1 Å². The van der Waals surface area contributed by atoms with Gasteiger partial charge in [-0.3, -0.25) is 4.90 Å². The molecule has 3 atom stereocenters. The fourth-order valence-electron chi connectivity index (χ4n) is 3.64. The van der Waals surface area contributed by atoms with Crippen LogP contribution in [0.3, 0.4) is 0 Å². The van der Waals surface area contributed by atoms with E-state index in [9.17, 15) is 5.26 Å². The summed E-state index contributed by atoms with van der Waals surface area (Å²) in [7, 11) is 0. The van der Waals surface area contributed by atoms with Crippen molar-refractivity contribution in [2.45, 2.75) is 25.9 Å². The number of nitrogens with zero attached hydrogens (tertiary/aromatic N) is 3. The Morgan fingerprint density at radius 2 is 2.19 bits per heavy atom. The molecule has 0 radical (unpaired) electrons. The van der Waals surface area contributed by atoms with Crippen molar-refractivity contribution in [3.63, 3.8) is 0 Å². The normalized spacial score (nSPS) is 29.0. The van der Waals surface area contributed by atoms with Crippen molar-refractivity contribution in [1.29, 1.82) is 5.26 Å². The lowest BCUT2D eigenvalue weighted by molar-refractivity contribution is 0.0965. The van der Waals surface area contributed by atoms with Gasteiger partial charge in [0.1, 0.15) is 0 Å². The summed E-state index contributed by atoms with van der Waals surface area (Å²) in [4.78, 5) is 2.35. The van der Waals surface area contributed by atoms with Gasteiger partial charge in [-0.05, 0) is 24.8 Å². The van der Waals surface area contributed by atoms with Crippen molar-refractivity contribution in [1.82, 2.24) is 4.90 Å². The SMILES string of the molecule is C/C(=N\O)[C@@H]1C[C@H]2C=C(C#N)[C@H]1N(Cc1ccccc1)C2. The third kappa shape index (κ3) is 2.57. The molecule has 1 aromatic carbocycles. The molecular formula is C17H19N3O. The van der Waals surface area contributed by atoms with Gasteiger partial charge in [-0.15, -0.1) is 0 Å². The van der Waals surface area contributed by atoms with Gasteiger partial charge >= 0.3 is 0 Å². The second kappa shape index (κ2) is 5.71. The monoisotopic (exact) mass is 281 g/mol. The van der Waals surface area contributed by atoms with Crippen molar-refractivity contribution in [2.75, 3.05) is 6.54 Å². The highest BCUT2D eigenvalue weighted by atomic mass is 16.4. The second-order valence-corrected chi connectivity index (χ2v) is 5.94. The Kier molecular flexibility index (Phi) is 3.76. The van der Waals surface area contributed by atoms with Crippen molar-refractivity contribution >= 4 is 5.71 Å². The molecule has 108 valence electrons. The maximum atomic E-state index is 9.42. The van der Waals surface area contributed by atoms with E-state index in [4.69, 9.17) is 5.21 Å². The van der Waals surface area contributed by atoms with E-state index in [0.29, 0.717) is 5.92 Å². The van der Waals surface area contributed by atoms with Crippen LogP contribution in [0.1, 0.15) is 18.9 Å². The Morgan fingerprint density at radius 1 is 1.43 bits per heavy atom. The first-order valence-corrected chi connectivity index (χ1v) is 7.31. The van der Waals surface area contributed by atoms with Gasteiger partial charge in [0.05, 0.1) is 17.8 Å². The van der Waals surface area contributed by atoms with E-state index in [-0.39, 0.29) is 12.0 Å². The molecule has 3 aliphatic rings. The summed E-state index contributed by atoms with van der Waals surface area (Å²) in [6.07, 6.45) is 3.07. The average Bonchev–Trinajstić information content (AvgIpc) is 2.54. The fourth-order valence-corrected chi connectivity index (χ4v) is 3.64. The molecule has 1 aromatic rings. The van der Waals surface area contributed by atoms with Gasteiger partial charge in [-0.25, -0.2) is 0 Å². The van der Waals surface area contributed by atoms with Crippen LogP contribution in [0.4, 0.5) is 0 Å². The summed E-state index contributed by atoms with van der Waals surface area (Å²) in [5.74, 6) is 0.507. The summed E-state index contributed by atoms with van der Waals surface area (Å²) in [6, 6.07) is 12.7. The molecule has 4 heteroatoms. The largest absolute Gasteiger partial charge is 0.411 e. The molecule has 0 spiro atoms. The Morgan fingerprint density at radius 3 is 2.86 bits per heavy atom. The van der Waals surface area contributed by atoms with Crippen LogP contribution in [0.25, 0.3) is 0 Å². The van der Waals surface area contributed by atoms with E-state index in [1.807, 2.05) is 25.1 Å². The van der Waals surface area contributed by atoms with E-state index in [2.05, 4.69) is 34.3 Å². The molecule has 21 heavy (non-hydrogen) atoms. The zero-order valence-corrected chi connectivity index (χ0v) is 12.1. The highest BCUT2D eigenvalue weighted by Crippen LogP contribution is 2.39. The zero-order valence-electron chi connectivity index (χ0n) is 12.1. The molecule has 1 fully saturated rings. The van der Waals surface area contributed by atoms with Crippen molar-refractivity contribution in [3.05, 3.63) is 47.5 Å². The quantitative estimate of drug-likeness (QED) is 0.526. The number of piperidine rings is 1. The smallest absolute Gasteiger partial charge is 0.0960 e. The van der Waals surface area contributed by atoms with Gasteiger partial charge in [0.15, 0.2) is 0 Å². The second-order valence-electron chi connectivity index (χ2n) is 5.94.